The number of rotatable bonds is 5. The fraction of sp³-hybridized carbons (Fsp3) is 0.526. The van der Waals surface area contributed by atoms with E-state index >= 15 is 0 Å². The monoisotopic (exact) mass is 538 g/mol. The molecule has 1 heterocycles. The number of nitrogens with one attached hydrogen (secondary N) is 2. The van der Waals surface area contributed by atoms with Crippen LogP contribution in [0.2, 0.25) is 0 Å². The molecule has 2 N–H and O–H groups in total. The van der Waals surface area contributed by atoms with Crippen LogP contribution in [0.15, 0.2) is 29.3 Å². The Morgan fingerprint density at radius 3 is 2.73 bits per heavy atom. The van der Waals surface area contributed by atoms with Gasteiger partial charge in [-0.15, -0.1) is 24.0 Å². The number of aliphatic imine (C=N–C) groups is 1. The molecule has 1 aliphatic heterocycles. The zero-order valence-corrected chi connectivity index (χ0v) is 19.2. The number of nitriles is 1. The molecule has 0 spiro atoms. The number of amides is 1. The van der Waals surface area contributed by atoms with Gasteiger partial charge >= 0.3 is 6.18 Å². The Hall–Kier alpha value is -2.23. The highest BCUT2D eigenvalue weighted by atomic mass is 127. The van der Waals surface area contributed by atoms with Crippen LogP contribution in [-0.2, 0) is 4.79 Å². The van der Waals surface area contributed by atoms with Crippen LogP contribution in [0.4, 0.5) is 18.9 Å². The van der Waals surface area contributed by atoms with Gasteiger partial charge in [-0.3, -0.25) is 9.79 Å². The first kappa shape index (κ1) is 25.8. The second-order valence-electron chi connectivity index (χ2n) is 6.85. The van der Waals surface area contributed by atoms with Crippen LogP contribution < -0.4 is 15.5 Å². The lowest BCUT2D eigenvalue weighted by atomic mass is 10.0. The number of alkyl halides is 3. The molecule has 1 fully saturated rings. The van der Waals surface area contributed by atoms with Gasteiger partial charge in [0.05, 0.1) is 17.8 Å². The fourth-order valence-electron chi connectivity index (χ4n) is 3.20. The van der Waals surface area contributed by atoms with Crippen LogP contribution in [0.25, 0.3) is 0 Å². The Bertz CT molecular complexity index is 780. The summed E-state index contributed by atoms with van der Waals surface area (Å²) in [5.74, 6) is -0.335. The number of nitrogens with zero attached hydrogens (tertiary/aromatic N) is 4. The topological polar surface area (TPSA) is 83.8 Å². The van der Waals surface area contributed by atoms with Crippen molar-refractivity contribution >= 4 is 41.5 Å². The van der Waals surface area contributed by atoms with Crippen molar-refractivity contribution in [3.05, 3.63) is 29.8 Å². The minimum Gasteiger partial charge on any atom is -0.368 e. The summed E-state index contributed by atoms with van der Waals surface area (Å²) in [5.41, 5.74) is 1.47. The molecule has 1 unspecified atom stereocenters. The van der Waals surface area contributed by atoms with E-state index in [0.29, 0.717) is 23.0 Å². The van der Waals surface area contributed by atoms with E-state index in [2.05, 4.69) is 26.6 Å². The lowest BCUT2D eigenvalue weighted by molar-refractivity contribution is -0.157. The number of guanidine groups is 1. The van der Waals surface area contributed by atoms with Gasteiger partial charge in [-0.1, -0.05) is 12.1 Å². The maximum absolute atomic E-state index is 12.4. The molecule has 1 aromatic rings. The van der Waals surface area contributed by atoms with Gasteiger partial charge in [0.2, 0.25) is 5.91 Å². The van der Waals surface area contributed by atoms with E-state index in [-0.39, 0.29) is 36.6 Å². The second kappa shape index (κ2) is 11.8. The van der Waals surface area contributed by atoms with Crippen LogP contribution in [0, 0.1) is 11.3 Å². The highest BCUT2D eigenvalue weighted by molar-refractivity contribution is 14.0. The molecule has 0 radical (unpaired) electrons. The Balaban J connectivity index is 0.00000450. The fourth-order valence-corrected chi connectivity index (χ4v) is 3.20. The molecule has 2 rings (SSSR count). The van der Waals surface area contributed by atoms with Crippen molar-refractivity contribution in [2.45, 2.75) is 25.1 Å². The zero-order valence-electron chi connectivity index (χ0n) is 16.9. The van der Waals surface area contributed by atoms with Crippen molar-refractivity contribution < 1.29 is 18.0 Å². The molecule has 30 heavy (non-hydrogen) atoms. The number of anilines is 1. The number of likely N-dealkylation sites (N-methyl/N-ethyl adjacent to an activating group) is 1. The zero-order chi connectivity index (χ0) is 21.4. The van der Waals surface area contributed by atoms with E-state index in [4.69, 9.17) is 0 Å². The average Bonchev–Trinajstić information content (AvgIpc) is 2.69. The molecule has 1 aromatic carbocycles. The first-order chi connectivity index (χ1) is 13.7. The number of carbonyl (C=O) groups is 1. The number of carbonyl (C=O) groups excluding carboxylic acids is 1. The molecule has 11 heteroatoms. The molecule has 1 atom stereocenters. The number of benzene rings is 1. The van der Waals surface area contributed by atoms with Crippen molar-refractivity contribution in [2.75, 3.05) is 45.2 Å². The Kier molecular flexibility index (Phi) is 10.2. The van der Waals surface area contributed by atoms with Crippen LogP contribution in [0.3, 0.4) is 0 Å². The Morgan fingerprint density at radius 2 is 2.10 bits per heavy atom. The van der Waals surface area contributed by atoms with Gasteiger partial charge in [-0.2, -0.15) is 18.4 Å². The maximum atomic E-state index is 12.4. The molecule has 166 valence electrons. The smallest absolute Gasteiger partial charge is 0.368 e. The summed E-state index contributed by atoms with van der Waals surface area (Å²) in [6.45, 7) is -0.125. The summed E-state index contributed by atoms with van der Waals surface area (Å²) >= 11 is 0. The molecule has 0 aromatic heterocycles. The number of halogens is 4. The van der Waals surface area contributed by atoms with E-state index in [0.717, 1.165) is 32.1 Å². The van der Waals surface area contributed by atoms with Crippen molar-refractivity contribution in [3.63, 3.8) is 0 Å². The molecular formula is C19H26F3IN6O. The highest BCUT2D eigenvalue weighted by Gasteiger charge is 2.31. The van der Waals surface area contributed by atoms with Crippen LogP contribution in [-0.4, -0.2) is 69.3 Å². The number of hydrogen-bond donors (Lipinski definition) is 2. The molecule has 0 aliphatic carbocycles. The van der Waals surface area contributed by atoms with Gasteiger partial charge in [-0.25, -0.2) is 0 Å². The minimum atomic E-state index is -4.43. The molecule has 1 saturated heterocycles. The molecular weight excluding hydrogens is 512 g/mol. The summed E-state index contributed by atoms with van der Waals surface area (Å²) in [7, 11) is 2.64. The molecule has 0 saturated carbocycles. The highest BCUT2D eigenvalue weighted by Crippen LogP contribution is 2.23. The summed E-state index contributed by atoms with van der Waals surface area (Å²) in [5, 5.41) is 15.3. The summed E-state index contributed by atoms with van der Waals surface area (Å²) in [4.78, 5) is 18.7. The van der Waals surface area contributed by atoms with Gasteiger partial charge in [0, 0.05) is 33.2 Å². The quantitative estimate of drug-likeness (QED) is 0.342. The third-order valence-corrected chi connectivity index (χ3v) is 4.60. The number of piperidine rings is 1. The van der Waals surface area contributed by atoms with Gasteiger partial charge in [0.1, 0.15) is 12.6 Å². The number of para-hydroxylation sites is 1. The minimum absolute atomic E-state index is 0. The SMILES string of the molecule is CN=C(NCC(=O)N(C)CC(F)(F)F)NC1CCCN(c2ccccc2C#N)C1.I. The van der Waals surface area contributed by atoms with Crippen LogP contribution in [0.5, 0.6) is 0 Å². The maximum Gasteiger partial charge on any atom is 0.406 e. The van der Waals surface area contributed by atoms with Gasteiger partial charge in [0.15, 0.2) is 5.96 Å². The Labute approximate surface area is 191 Å². The van der Waals surface area contributed by atoms with E-state index in [9.17, 15) is 23.2 Å². The summed E-state index contributed by atoms with van der Waals surface area (Å²) in [6, 6.07) is 9.60. The second-order valence-corrected chi connectivity index (χ2v) is 6.85. The van der Waals surface area contributed by atoms with Crippen molar-refractivity contribution in [2.24, 2.45) is 4.99 Å². The summed E-state index contributed by atoms with van der Waals surface area (Å²) in [6.07, 6.45) is -2.66. The first-order valence-electron chi connectivity index (χ1n) is 9.25. The van der Waals surface area contributed by atoms with Crippen LogP contribution in [0.1, 0.15) is 18.4 Å². The van der Waals surface area contributed by atoms with Gasteiger partial charge < -0.3 is 20.4 Å². The lowest BCUT2D eigenvalue weighted by Gasteiger charge is -2.35. The Morgan fingerprint density at radius 1 is 1.40 bits per heavy atom. The number of hydrogen-bond acceptors (Lipinski definition) is 4. The predicted octanol–water partition coefficient (Wildman–Crippen LogP) is 2.33. The van der Waals surface area contributed by atoms with E-state index in [1.807, 2.05) is 18.2 Å². The van der Waals surface area contributed by atoms with Gasteiger partial charge in [0.25, 0.3) is 0 Å². The lowest BCUT2D eigenvalue weighted by Crippen LogP contribution is -2.53. The van der Waals surface area contributed by atoms with Crippen molar-refractivity contribution in [1.82, 2.24) is 15.5 Å². The van der Waals surface area contributed by atoms with E-state index in [1.165, 1.54) is 7.05 Å². The predicted molar refractivity (Wildman–Crippen MR) is 120 cm³/mol. The van der Waals surface area contributed by atoms with Gasteiger partial charge in [-0.05, 0) is 25.0 Å². The molecule has 1 aliphatic rings. The largest absolute Gasteiger partial charge is 0.406 e. The molecule has 1 amide bonds. The standard InChI is InChI=1S/C19H25F3N6O.HI/c1-24-18(25-11-17(29)27(2)13-19(20,21)22)26-15-7-5-9-28(12-15)16-8-4-3-6-14(16)10-23;/h3-4,6,8,15H,5,7,9,11-13H2,1-2H3,(H2,24,25,26);1H. The normalized spacial score (nSPS) is 16.9. The average molecular weight is 538 g/mol. The molecule has 7 nitrogen and oxygen atoms in total. The third kappa shape index (κ3) is 7.89. The summed E-state index contributed by atoms with van der Waals surface area (Å²) < 4.78 is 37.2. The first-order valence-corrected chi connectivity index (χ1v) is 9.25. The van der Waals surface area contributed by atoms with Crippen molar-refractivity contribution in [3.8, 4) is 6.07 Å². The van der Waals surface area contributed by atoms with E-state index < -0.39 is 18.6 Å². The molecule has 0 bridgehead atoms. The van der Waals surface area contributed by atoms with Crippen LogP contribution >= 0.6 is 24.0 Å². The third-order valence-electron chi connectivity index (χ3n) is 4.60. The van der Waals surface area contributed by atoms with E-state index in [1.54, 1.807) is 6.07 Å². The van der Waals surface area contributed by atoms with Crippen molar-refractivity contribution in [1.29, 1.82) is 5.26 Å².